The van der Waals surface area contributed by atoms with Crippen molar-refractivity contribution in [3.63, 3.8) is 0 Å². The molecule has 0 spiro atoms. The van der Waals surface area contributed by atoms with E-state index < -0.39 is 11.1 Å². The van der Waals surface area contributed by atoms with Crippen LogP contribution in [0.5, 0.6) is 5.75 Å². The highest BCUT2D eigenvalue weighted by Crippen LogP contribution is 2.27. The van der Waals surface area contributed by atoms with Crippen LogP contribution in [0.4, 0.5) is 0 Å². The molecule has 0 bridgehead atoms. The number of hydrogen-bond donors (Lipinski definition) is 1. The molecular formula is C18H19Cl2NO4S. The maximum atomic E-state index is 12.4. The minimum Gasteiger partial charge on any atom is -0.494 e. The van der Waals surface area contributed by atoms with Crippen LogP contribution in [-0.4, -0.2) is 26.2 Å². The number of halogens is 2. The molecule has 8 heteroatoms. The molecule has 26 heavy (non-hydrogen) atoms. The SMILES string of the molecule is O=C(CCCOc1ccc(Cl)c(Cl)c1)N1Cc2ccc([SH2](=O)O)cc2C1. The van der Waals surface area contributed by atoms with Gasteiger partial charge < -0.3 is 14.2 Å². The Labute approximate surface area is 164 Å². The molecule has 1 N–H and O–H groups in total. The summed E-state index contributed by atoms with van der Waals surface area (Å²) in [6.45, 7) is 1.42. The second-order valence-electron chi connectivity index (χ2n) is 6.07. The standard InChI is InChI=1S/C18H19Cl2NO4S/c19-16-6-4-14(9-17(16)20)25-7-1-2-18(22)21-10-12-3-5-15(26(23)24)8-13(12)11-21/h3-6,8-9H,1-2,7,10-11,26H2,(H,23,24). The quantitative estimate of drug-likeness (QED) is 0.729. The Bertz CT molecular complexity index is 859. The van der Waals surface area contributed by atoms with Crippen molar-refractivity contribution in [3.8, 4) is 5.75 Å². The number of nitrogens with zero attached hydrogens (tertiary/aromatic N) is 1. The topological polar surface area (TPSA) is 66.8 Å². The van der Waals surface area contributed by atoms with Crippen LogP contribution < -0.4 is 4.74 Å². The van der Waals surface area contributed by atoms with Gasteiger partial charge >= 0.3 is 0 Å². The number of carbonyl (C=O) groups is 1. The third-order valence-electron chi connectivity index (χ3n) is 4.22. The van der Waals surface area contributed by atoms with Gasteiger partial charge in [-0.3, -0.25) is 4.79 Å². The molecule has 0 radical (unpaired) electrons. The van der Waals surface area contributed by atoms with Crippen molar-refractivity contribution in [2.75, 3.05) is 6.61 Å². The first-order chi connectivity index (χ1) is 12.4. The summed E-state index contributed by atoms with van der Waals surface area (Å²) in [4.78, 5) is 14.6. The normalized spacial score (nSPS) is 13.5. The van der Waals surface area contributed by atoms with Crippen LogP contribution in [0.25, 0.3) is 0 Å². The van der Waals surface area contributed by atoms with Gasteiger partial charge in [0.1, 0.15) is 5.75 Å². The molecule has 1 heterocycles. The number of hydrogen-bond acceptors (Lipinski definition) is 3. The third kappa shape index (κ3) is 4.57. The zero-order valence-electron chi connectivity index (χ0n) is 13.9. The molecule has 0 aromatic heterocycles. The molecule has 1 aliphatic rings. The third-order valence-corrected chi connectivity index (χ3v) is 5.77. The second kappa shape index (κ2) is 8.39. The Hall–Kier alpha value is -1.60. The van der Waals surface area contributed by atoms with Gasteiger partial charge in [-0.1, -0.05) is 29.3 Å². The lowest BCUT2D eigenvalue weighted by Gasteiger charge is -2.15. The molecule has 3 rings (SSSR count). The Morgan fingerprint density at radius 3 is 2.62 bits per heavy atom. The lowest BCUT2D eigenvalue weighted by Crippen LogP contribution is -2.25. The van der Waals surface area contributed by atoms with Gasteiger partial charge in [-0.25, -0.2) is 4.21 Å². The van der Waals surface area contributed by atoms with E-state index in [9.17, 15) is 13.6 Å². The smallest absolute Gasteiger partial charge is 0.223 e. The van der Waals surface area contributed by atoms with Crippen molar-refractivity contribution in [1.82, 2.24) is 4.90 Å². The first kappa shape index (κ1) is 19.2. The number of ether oxygens (including phenoxy) is 1. The van der Waals surface area contributed by atoms with Gasteiger partial charge in [0.05, 0.1) is 16.7 Å². The summed E-state index contributed by atoms with van der Waals surface area (Å²) in [7, 11) is 0. The molecular weight excluding hydrogens is 397 g/mol. The fourth-order valence-corrected chi connectivity index (χ4v) is 3.65. The molecule has 0 atom stereocenters. The van der Waals surface area contributed by atoms with Gasteiger partial charge in [0.25, 0.3) is 0 Å². The molecule has 2 aromatic rings. The highest BCUT2D eigenvalue weighted by atomic mass is 35.5. The van der Waals surface area contributed by atoms with Gasteiger partial charge in [0, 0.05) is 30.5 Å². The number of fused-ring (bicyclic) bond motifs is 1. The van der Waals surface area contributed by atoms with Crippen LogP contribution in [0.15, 0.2) is 41.3 Å². The number of amides is 1. The van der Waals surface area contributed by atoms with Gasteiger partial charge in [0.2, 0.25) is 5.91 Å². The highest BCUT2D eigenvalue weighted by Gasteiger charge is 2.23. The molecule has 140 valence electrons. The van der Waals surface area contributed by atoms with E-state index in [1.165, 1.54) is 0 Å². The Balaban J connectivity index is 1.47. The molecule has 0 fully saturated rings. The molecule has 2 aromatic carbocycles. The van der Waals surface area contributed by atoms with E-state index in [0.29, 0.717) is 53.2 Å². The van der Waals surface area contributed by atoms with Crippen molar-refractivity contribution >= 4 is 40.2 Å². The summed E-state index contributed by atoms with van der Waals surface area (Å²) in [6, 6.07) is 10.2. The summed E-state index contributed by atoms with van der Waals surface area (Å²) >= 11 is 9.08. The number of carbonyl (C=O) groups excluding carboxylic acids is 1. The van der Waals surface area contributed by atoms with E-state index in [4.69, 9.17) is 27.9 Å². The first-order valence-electron chi connectivity index (χ1n) is 8.15. The molecule has 5 nitrogen and oxygen atoms in total. The minimum atomic E-state index is -2.71. The lowest BCUT2D eigenvalue weighted by molar-refractivity contribution is -0.132. The van der Waals surface area contributed by atoms with Crippen molar-refractivity contribution < 1.29 is 18.3 Å². The largest absolute Gasteiger partial charge is 0.494 e. The van der Waals surface area contributed by atoms with E-state index in [1.807, 2.05) is 6.07 Å². The molecule has 0 aliphatic carbocycles. The Morgan fingerprint density at radius 1 is 1.12 bits per heavy atom. The summed E-state index contributed by atoms with van der Waals surface area (Å²) in [6.07, 6.45) is 0.959. The van der Waals surface area contributed by atoms with Crippen LogP contribution in [0.1, 0.15) is 24.0 Å². The Morgan fingerprint density at radius 2 is 1.88 bits per heavy atom. The zero-order valence-corrected chi connectivity index (χ0v) is 16.4. The summed E-state index contributed by atoms with van der Waals surface area (Å²) < 4.78 is 26.0. The van der Waals surface area contributed by atoms with Crippen LogP contribution in [0, 0.1) is 0 Å². The van der Waals surface area contributed by atoms with Gasteiger partial charge in [0.15, 0.2) is 0 Å². The predicted octanol–water partition coefficient (Wildman–Crippen LogP) is 3.74. The van der Waals surface area contributed by atoms with E-state index in [1.54, 1.807) is 35.2 Å². The first-order valence-corrected chi connectivity index (χ1v) is 10.3. The molecule has 1 aliphatic heterocycles. The fourth-order valence-electron chi connectivity index (χ4n) is 2.84. The van der Waals surface area contributed by atoms with Gasteiger partial charge in [-0.2, -0.15) is 11.1 Å². The van der Waals surface area contributed by atoms with Crippen LogP contribution in [0.3, 0.4) is 0 Å². The van der Waals surface area contributed by atoms with E-state index in [0.717, 1.165) is 11.1 Å². The van der Waals surface area contributed by atoms with Gasteiger partial charge in [-0.05, 0) is 41.8 Å². The van der Waals surface area contributed by atoms with Crippen LogP contribution >= 0.6 is 23.2 Å². The summed E-state index contributed by atoms with van der Waals surface area (Å²) in [5, 5.41) is 0.900. The van der Waals surface area contributed by atoms with Crippen molar-refractivity contribution in [2.45, 2.75) is 30.8 Å². The van der Waals surface area contributed by atoms with Crippen molar-refractivity contribution in [1.29, 1.82) is 0 Å². The average molecular weight is 416 g/mol. The van der Waals surface area contributed by atoms with E-state index >= 15 is 0 Å². The molecule has 0 saturated heterocycles. The fraction of sp³-hybridized carbons (Fsp3) is 0.278. The molecule has 1 amide bonds. The zero-order chi connectivity index (χ0) is 18.7. The van der Waals surface area contributed by atoms with Crippen molar-refractivity contribution in [2.24, 2.45) is 0 Å². The number of benzene rings is 2. The van der Waals surface area contributed by atoms with Crippen LogP contribution in [0.2, 0.25) is 10.0 Å². The molecule has 0 saturated carbocycles. The van der Waals surface area contributed by atoms with E-state index in [2.05, 4.69) is 0 Å². The van der Waals surface area contributed by atoms with E-state index in [-0.39, 0.29) is 5.91 Å². The predicted molar refractivity (Wildman–Crippen MR) is 104 cm³/mol. The minimum absolute atomic E-state index is 0.0390. The maximum Gasteiger partial charge on any atom is 0.223 e. The second-order valence-corrected chi connectivity index (χ2v) is 8.07. The Kier molecular flexibility index (Phi) is 6.19. The van der Waals surface area contributed by atoms with Crippen LogP contribution in [-0.2, 0) is 29.0 Å². The number of rotatable bonds is 6. The summed E-state index contributed by atoms with van der Waals surface area (Å²) in [5.41, 5.74) is 1.97. The monoisotopic (exact) mass is 415 g/mol. The van der Waals surface area contributed by atoms with Crippen molar-refractivity contribution in [3.05, 3.63) is 57.6 Å². The average Bonchev–Trinajstić information content (AvgIpc) is 3.04. The van der Waals surface area contributed by atoms with Gasteiger partial charge in [-0.15, -0.1) is 0 Å². The summed E-state index contributed by atoms with van der Waals surface area (Å²) in [5.74, 6) is 0.657. The molecule has 0 unspecified atom stereocenters. The lowest BCUT2D eigenvalue weighted by atomic mass is 10.1. The maximum absolute atomic E-state index is 12.4. The highest BCUT2D eigenvalue weighted by molar-refractivity contribution is 7.79.